The standard InChI is InChI=1S/C22H42N6O/c1-3-23-22(24-18-20-10-6-9-11-26(20)4-2)28-16-14-25(15-17-28)19-21(29)27-12-7-5-8-13-27/h20H,3-19H2,1-2H3,(H,23,24). The van der Waals surface area contributed by atoms with Gasteiger partial charge in [0, 0.05) is 51.9 Å². The van der Waals surface area contributed by atoms with Crippen LogP contribution in [0, 0.1) is 0 Å². The summed E-state index contributed by atoms with van der Waals surface area (Å²) in [6.07, 6.45) is 7.52. The fraction of sp³-hybridized carbons (Fsp3) is 0.909. The average molecular weight is 407 g/mol. The Balaban J connectivity index is 1.47. The molecule has 7 heteroatoms. The molecule has 0 aromatic carbocycles. The molecule has 166 valence electrons. The van der Waals surface area contributed by atoms with Crippen molar-refractivity contribution in [2.75, 3.05) is 72.0 Å². The quantitative estimate of drug-likeness (QED) is 0.535. The van der Waals surface area contributed by atoms with Crippen LogP contribution in [-0.4, -0.2) is 110 Å². The first-order chi connectivity index (χ1) is 14.2. The smallest absolute Gasteiger partial charge is 0.236 e. The second-order valence-corrected chi connectivity index (χ2v) is 8.68. The summed E-state index contributed by atoms with van der Waals surface area (Å²) >= 11 is 0. The van der Waals surface area contributed by atoms with Gasteiger partial charge in [0.1, 0.15) is 0 Å². The number of likely N-dealkylation sites (tertiary alicyclic amines) is 2. The molecule has 0 saturated carbocycles. The normalized spacial score (nSPS) is 25.3. The van der Waals surface area contributed by atoms with Gasteiger partial charge in [-0.15, -0.1) is 0 Å². The van der Waals surface area contributed by atoms with E-state index in [4.69, 9.17) is 4.99 Å². The van der Waals surface area contributed by atoms with Crippen LogP contribution >= 0.6 is 0 Å². The molecule has 1 atom stereocenters. The second kappa shape index (κ2) is 11.7. The first-order valence-electron chi connectivity index (χ1n) is 12.0. The molecule has 0 aliphatic carbocycles. The summed E-state index contributed by atoms with van der Waals surface area (Å²) in [5.74, 6) is 1.37. The van der Waals surface area contributed by atoms with Gasteiger partial charge in [0.05, 0.1) is 13.1 Å². The summed E-state index contributed by atoms with van der Waals surface area (Å²) in [4.78, 5) is 26.9. The molecule has 3 rings (SSSR count). The maximum Gasteiger partial charge on any atom is 0.236 e. The molecule has 1 N–H and O–H groups in total. The molecule has 3 heterocycles. The minimum Gasteiger partial charge on any atom is -0.357 e. The summed E-state index contributed by atoms with van der Waals surface area (Å²) < 4.78 is 0. The van der Waals surface area contributed by atoms with Gasteiger partial charge in [-0.3, -0.25) is 19.6 Å². The molecule has 0 bridgehead atoms. The summed E-state index contributed by atoms with van der Waals surface area (Å²) in [6.45, 7) is 14.8. The molecule has 1 unspecified atom stereocenters. The molecule has 3 aliphatic rings. The number of carbonyl (C=O) groups is 1. The van der Waals surface area contributed by atoms with E-state index in [0.717, 1.165) is 64.9 Å². The minimum absolute atomic E-state index is 0.315. The topological polar surface area (TPSA) is 54.4 Å². The van der Waals surface area contributed by atoms with Gasteiger partial charge in [-0.2, -0.15) is 0 Å². The van der Waals surface area contributed by atoms with Crippen LogP contribution in [0.15, 0.2) is 4.99 Å². The van der Waals surface area contributed by atoms with Crippen LogP contribution < -0.4 is 5.32 Å². The molecule has 7 nitrogen and oxygen atoms in total. The van der Waals surface area contributed by atoms with E-state index < -0.39 is 0 Å². The van der Waals surface area contributed by atoms with Crippen LogP contribution in [0.2, 0.25) is 0 Å². The first kappa shape index (κ1) is 22.3. The number of likely N-dealkylation sites (N-methyl/N-ethyl adjacent to an activating group) is 1. The van der Waals surface area contributed by atoms with Crippen LogP contribution in [0.25, 0.3) is 0 Å². The summed E-state index contributed by atoms with van der Waals surface area (Å²) in [5, 5.41) is 3.50. The molecule has 29 heavy (non-hydrogen) atoms. The highest BCUT2D eigenvalue weighted by molar-refractivity contribution is 5.80. The van der Waals surface area contributed by atoms with Crippen LogP contribution in [0.4, 0.5) is 0 Å². The number of piperidine rings is 2. The third-order valence-electron chi connectivity index (χ3n) is 6.68. The Kier molecular flexibility index (Phi) is 9.05. The van der Waals surface area contributed by atoms with Crippen molar-refractivity contribution in [3.05, 3.63) is 0 Å². The maximum absolute atomic E-state index is 12.6. The predicted molar refractivity (Wildman–Crippen MR) is 119 cm³/mol. The van der Waals surface area contributed by atoms with Crippen molar-refractivity contribution in [1.29, 1.82) is 0 Å². The number of nitrogens with one attached hydrogen (secondary N) is 1. The van der Waals surface area contributed by atoms with Crippen molar-refractivity contribution >= 4 is 11.9 Å². The predicted octanol–water partition coefficient (Wildman–Crippen LogP) is 1.46. The van der Waals surface area contributed by atoms with Crippen molar-refractivity contribution in [3.8, 4) is 0 Å². The van der Waals surface area contributed by atoms with Crippen LogP contribution in [0.5, 0.6) is 0 Å². The fourth-order valence-corrected chi connectivity index (χ4v) is 4.85. The molecule has 1 amide bonds. The number of carbonyl (C=O) groups excluding carboxylic acids is 1. The zero-order chi connectivity index (χ0) is 20.5. The van der Waals surface area contributed by atoms with Crippen molar-refractivity contribution in [2.24, 2.45) is 4.99 Å². The van der Waals surface area contributed by atoms with Crippen molar-refractivity contribution in [2.45, 2.75) is 58.4 Å². The number of amides is 1. The number of hydrogen-bond acceptors (Lipinski definition) is 4. The Morgan fingerprint density at radius 3 is 2.31 bits per heavy atom. The van der Waals surface area contributed by atoms with Crippen molar-refractivity contribution < 1.29 is 4.79 Å². The van der Waals surface area contributed by atoms with Gasteiger partial charge in [0.2, 0.25) is 5.91 Å². The molecule has 3 saturated heterocycles. The lowest BCUT2D eigenvalue weighted by Crippen LogP contribution is -2.54. The molecule has 3 aliphatic heterocycles. The monoisotopic (exact) mass is 406 g/mol. The van der Waals surface area contributed by atoms with Crippen molar-refractivity contribution in [1.82, 2.24) is 24.9 Å². The summed E-state index contributed by atoms with van der Waals surface area (Å²) in [7, 11) is 0. The fourth-order valence-electron chi connectivity index (χ4n) is 4.85. The lowest BCUT2D eigenvalue weighted by Gasteiger charge is -2.38. The van der Waals surface area contributed by atoms with E-state index in [1.807, 2.05) is 0 Å². The largest absolute Gasteiger partial charge is 0.357 e. The number of aliphatic imine (C=N–C) groups is 1. The molecular formula is C22H42N6O. The number of piperazine rings is 1. The first-order valence-corrected chi connectivity index (χ1v) is 12.0. The zero-order valence-electron chi connectivity index (χ0n) is 18.7. The Labute approximate surface area is 177 Å². The van der Waals surface area contributed by atoms with Crippen LogP contribution in [-0.2, 0) is 4.79 Å². The zero-order valence-corrected chi connectivity index (χ0v) is 18.7. The van der Waals surface area contributed by atoms with Gasteiger partial charge in [-0.05, 0) is 52.1 Å². The number of hydrogen-bond donors (Lipinski definition) is 1. The van der Waals surface area contributed by atoms with Crippen LogP contribution in [0.1, 0.15) is 52.4 Å². The number of guanidine groups is 1. The van der Waals surface area contributed by atoms with Gasteiger partial charge in [-0.1, -0.05) is 13.3 Å². The number of nitrogens with zero attached hydrogens (tertiary/aromatic N) is 5. The van der Waals surface area contributed by atoms with Gasteiger partial charge in [0.15, 0.2) is 5.96 Å². The highest BCUT2D eigenvalue weighted by atomic mass is 16.2. The van der Waals surface area contributed by atoms with E-state index in [1.165, 1.54) is 45.1 Å². The van der Waals surface area contributed by atoms with E-state index in [9.17, 15) is 4.79 Å². The third-order valence-corrected chi connectivity index (χ3v) is 6.68. The lowest BCUT2D eigenvalue weighted by atomic mass is 10.0. The summed E-state index contributed by atoms with van der Waals surface area (Å²) in [5.41, 5.74) is 0. The van der Waals surface area contributed by atoms with E-state index >= 15 is 0 Å². The number of rotatable bonds is 6. The lowest BCUT2D eigenvalue weighted by molar-refractivity contribution is -0.133. The molecule has 3 fully saturated rings. The van der Waals surface area contributed by atoms with Crippen molar-refractivity contribution in [3.63, 3.8) is 0 Å². The molecule has 0 spiro atoms. The van der Waals surface area contributed by atoms with E-state index in [-0.39, 0.29) is 0 Å². The Bertz CT molecular complexity index is 525. The van der Waals surface area contributed by atoms with E-state index in [0.29, 0.717) is 18.5 Å². The SMILES string of the molecule is CCNC(=NCC1CCCCN1CC)N1CCN(CC(=O)N2CCCCC2)CC1. The maximum atomic E-state index is 12.6. The highest BCUT2D eigenvalue weighted by Gasteiger charge is 2.25. The molecule has 0 aromatic heterocycles. The van der Waals surface area contributed by atoms with E-state index in [1.54, 1.807) is 0 Å². The second-order valence-electron chi connectivity index (χ2n) is 8.68. The van der Waals surface area contributed by atoms with Gasteiger partial charge in [0.25, 0.3) is 0 Å². The molecule has 0 radical (unpaired) electrons. The van der Waals surface area contributed by atoms with Gasteiger partial charge >= 0.3 is 0 Å². The third kappa shape index (κ3) is 6.57. The average Bonchev–Trinajstić information content (AvgIpc) is 2.78. The molecular weight excluding hydrogens is 364 g/mol. The highest BCUT2D eigenvalue weighted by Crippen LogP contribution is 2.17. The van der Waals surface area contributed by atoms with Gasteiger partial charge < -0.3 is 15.1 Å². The van der Waals surface area contributed by atoms with Crippen LogP contribution in [0.3, 0.4) is 0 Å². The Hall–Kier alpha value is -1.34. The summed E-state index contributed by atoms with van der Waals surface area (Å²) in [6, 6.07) is 0.589. The Morgan fingerprint density at radius 1 is 0.897 bits per heavy atom. The van der Waals surface area contributed by atoms with E-state index in [2.05, 4.69) is 38.8 Å². The van der Waals surface area contributed by atoms with Gasteiger partial charge in [-0.25, -0.2) is 0 Å². The Morgan fingerprint density at radius 2 is 1.62 bits per heavy atom. The molecule has 0 aromatic rings. The minimum atomic E-state index is 0.315.